The average Bonchev–Trinajstić information content (AvgIpc) is 3.98. The number of benzene rings is 9. The van der Waals surface area contributed by atoms with Crippen molar-refractivity contribution in [2.75, 3.05) is 0 Å². The second-order valence-electron chi connectivity index (χ2n) is 21.2. The summed E-state index contributed by atoms with van der Waals surface area (Å²) >= 11 is 0. The van der Waals surface area contributed by atoms with E-state index in [0.717, 1.165) is 55.6 Å². The van der Waals surface area contributed by atoms with Crippen LogP contribution in [0.25, 0.3) is 61.2 Å². The Labute approximate surface area is 456 Å². The summed E-state index contributed by atoms with van der Waals surface area (Å²) in [7, 11) is -4.80. The third-order valence-corrected chi connectivity index (χ3v) is 21.3. The van der Waals surface area contributed by atoms with E-state index in [1.807, 2.05) is 24.4 Å². The van der Waals surface area contributed by atoms with Crippen molar-refractivity contribution in [2.45, 2.75) is 45.8 Å². The zero-order valence-electron chi connectivity index (χ0n) is 43.0. The van der Waals surface area contributed by atoms with E-state index < -0.39 is 16.1 Å². The van der Waals surface area contributed by atoms with Gasteiger partial charge >= 0.3 is 0 Å². The molecule has 370 valence electrons. The van der Waals surface area contributed by atoms with Gasteiger partial charge in [0, 0.05) is 44.3 Å². The van der Waals surface area contributed by atoms with Crippen molar-refractivity contribution >= 4 is 74.9 Å². The Morgan fingerprint density at radius 2 is 1.13 bits per heavy atom. The van der Waals surface area contributed by atoms with Crippen LogP contribution in [-0.2, 0) is 26.5 Å². The summed E-state index contributed by atoms with van der Waals surface area (Å²) in [5.74, 6) is 2.02. The van der Waals surface area contributed by atoms with Crippen LogP contribution in [0.15, 0.2) is 231 Å². The predicted molar refractivity (Wildman–Crippen MR) is 311 cm³/mol. The fraction of sp³-hybridized carbons (Fsp3) is 0.104. The van der Waals surface area contributed by atoms with Crippen molar-refractivity contribution in [3.63, 3.8) is 0 Å². The van der Waals surface area contributed by atoms with E-state index in [1.165, 1.54) is 37.1 Å². The van der Waals surface area contributed by atoms with Gasteiger partial charge in [-0.05, 0) is 77.3 Å². The third kappa shape index (κ3) is 8.93. The summed E-state index contributed by atoms with van der Waals surface area (Å²) in [4.78, 5) is 4.88. The summed E-state index contributed by atoms with van der Waals surface area (Å²) in [6.07, 6.45) is 5.80. The standard InChI is InChI=1S/C67H56N4OSi2.Pt/c1-67(2,3)49-41-42-68-65(44-49)71-60-35-17-16-33-58(60)59-40-39-52(46-63(59)71)72-51-25-21-24-50(45-51)69-47-70(62-37-19-18-36-61(62)69)66-57(34-22-38-64(66)73(4,5)6)48-23-20-32-56(43-48)74(53-26-10-7-11-27-53,54-28-12-8-13-29-54)55-30-14-9-15-31-55;/h7-44H,1-6H3;/q-2;. The molecule has 12 aromatic rings. The van der Waals surface area contributed by atoms with Crippen LogP contribution >= 0.6 is 0 Å². The van der Waals surface area contributed by atoms with Crippen molar-refractivity contribution in [1.29, 1.82) is 0 Å². The number of rotatable bonds is 11. The topological polar surface area (TPSA) is 35.9 Å². The molecule has 0 aliphatic carbocycles. The number of nitrogens with zero attached hydrogens (tertiary/aromatic N) is 4. The number of para-hydroxylation sites is 4. The van der Waals surface area contributed by atoms with E-state index in [0.29, 0.717) is 11.5 Å². The maximum absolute atomic E-state index is 6.72. The quantitative estimate of drug-likeness (QED) is 0.0560. The molecule has 3 heterocycles. The van der Waals surface area contributed by atoms with Gasteiger partial charge in [-0.15, -0.1) is 29.7 Å². The number of hydrogen-bond donors (Lipinski definition) is 0. The first-order valence-corrected chi connectivity index (χ1v) is 31.0. The smallest absolute Gasteiger partial charge is 0.268 e. The van der Waals surface area contributed by atoms with Gasteiger partial charge in [0.1, 0.15) is 5.82 Å². The Morgan fingerprint density at radius 1 is 0.533 bits per heavy atom. The zero-order valence-corrected chi connectivity index (χ0v) is 47.2. The van der Waals surface area contributed by atoms with Crippen molar-refractivity contribution in [1.82, 2.24) is 14.1 Å². The Balaban J connectivity index is 0.00000602. The van der Waals surface area contributed by atoms with Gasteiger partial charge in [0.05, 0.1) is 24.8 Å². The maximum atomic E-state index is 6.72. The molecular weight excluding hydrogens is 1130 g/mol. The summed E-state index contributed by atoms with van der Waals surface area (Å²) in [5.41, 5.74) is 9.51. The molecule has 0 N–H and O–H groups in total. The number of pyridine rings is 1. The second kappa shape index (κ2) is 19.9. The monoisotopic (exact) mass is 1180 g/mol. The van der Waals surface area contributed by atoms with Crippen LogP contribution in [0.3, 0.4) is 0 Å². The van der Waals surface area contributed by atoms with Gasteiger partial charge in [-0.3, -0.25) is 4.57 Å². The van der Waals surface area contributed by atoms with Crippen LogP contribution in [0, 0.1) is 18.5 Å². The number of imidazole rings is 1. The van der Waals surface area contributed by atoms with E-state index in [9.17, 15) is 0 Å². The first kappa shape index (κ1) is 49.5. The molecule has 0 amide bonds. The molecule has 0 fully saturated rings. The van der Waals surface area contributed by atoms with Gasteiger partial charge in [0.2, 0.25) is 0 Å². The molecule has 0 aliphatic rings. The van der Waals surface area contributed by atoms with Crippen LogP contribution < -0.4 is 35.2 Å². The molecule has 75 heavy (non-hydrogen) atoms. The minimum atomic E-state index is -2.81. The SMILES string of the molecule is CC(C)(C)c1ccnc(-n2c3[c-]c(Oc4[c-]c(-n5[c-][n+](-c6c(-c7cccc([Si](c8ccccc8)(c8ccccc8)c8ccccc8)c7)cccc6[Si](C)(C)C)c6ccccc65)ccc4)ccc3c3ccccc32)c1.[Pt]. The third-order valence-electron chi connectivity index (χ3n) is 14.5. The van der Waals surface area contributed by atoms with E-state index in [-0.39, 0.29) is 26.5 Å². The fourth-order valence-electron chi connectivity index (χ4n) is 10.9. The summed E-state index contributed by atoms with van der Waals surface area (Å²) in [6, 6.07) is 88.6. The van der Waals surface area contributed by atoms with E-state index in [1.54, 1.807) is 0 Å². The molecule has 0 saturated carbocycles. The van der Waals surface area contributed by atoms with Crippen LogP contribution in [0.4, 0.5) is 0 Å². The van der Waals surface area contributed by atoms with Crippen LogP contribution in [0.2, 0.25) is 19.6 Å². The molecule has 9 aromatic carbocycles. The van der Waals surface area contributed by atoms with Crippen molar-refractivity contribution < 1.29 is 30.4 Å². The van der Waals surface area contributed by atoms with E-state index >= 15 is 0 Å². The molecule has 0 spiro atoms. The average molecular weight is 1180 g/mol. The summed E-state index contributed by atoms with van der Waals surface area (Å²) < 4.78 is 13.3. The Morgan fingerprint density at radius 3 is 1.81 bits per heavy atom. The fourth-order valence-corrected chi connectivity index (χ4v) is 17.3. The Hall–Kier alpha value is -7.68. The molecular formula is C67H56N4OPtSi2-2. The first-order valence-electron chi connectivity index (χ1n) is 25.5. The molecule has 0 aliphatic heterocycles. The number of aromatic nitrogens is 4. The molecule has 0 atom stereocenters. The summed E-state index contributed by atoms with van der Waals surface area (Å²) in [6.45, 7) is 14.0. The molecule has 0 unspecified atom stereocenters. The van der Waals surface area contributed by atoms with Gasteiger partial charge in [-0.25, -0.2) is 4.98 Å². The molecule has 0 bridgehead atoms. The molecule has 0 radical (unpaired) electrons. The van der Waals surface area contributed by atoms with Crippen LogP contribution in [0.5, 0.6) is 11.5 Å². The van der Waals surface area contributed by atoms with Crippen molar-refractivity contribution in [3.8, 4) is 39.8 Å². The van der Waals surface area contributed by atoms with Crippen molar-refractivity contribution in [3.05, 3.63) is 255 Å². The zero-order chi connectivity index (χ0) is 50.6. The molecule has 5 nitrogen and oxygen atoms in total. The molecule has 8 heteroatoms. The van der Waals surface area contributed by atoms with E-state index in [2.05, 4.69) is 279 Å². The normalized spacial score (nSPS) is 12.0. The van der Waals surface area contributed by atoms with Gasteiger partial charge in [0.25, 0.3) is 6.33 Å². The van der Waals surface area contributed by atoms with E-state index in [4.69, 9.17) is 9.72 Å². The molecule has 0 saturated heterocycles. The number of ether oxygens (including phenoxy) is 1. The molecule has 12 rings (SSSR count). The van der Waals surface area contributed by atoms with Crippen LogP contribution in [-0.4, -0.2) is 30.3 Å². The predicted octanol–water partition coefficient (Wildman–Crippen LogP) is 12.5. The van der Waals surface area contributed by atoms with Gasteiger partial charge in [-0.2, -0.15) is 18.2 Å². The summed E-state index contributed by atoms with van der Waals surface area (Å²) in [5, 5.41) is 8.94. The van der Waals surface area contributed by atoms with Gasteiger partial charge < -0.3 is 13.9 Å². The first-order chi connectivity index (χ1) is 36.0. The van der Waals surface area contributed by atoms with Gasteiger partial charge in [-0.1, -0.05) is 222 Å². The Bertz CT molecular complexity index is 3930. The number of fused-ring (bicyclic) bond motifs is 4. The number of hydrogen-bond acceptors (Lipinski definition) is 2. The second-order valence-corrected chi connectivity index (χ2v) is 30.1. The minimum Gasteiger partial charge on any atom is -0.510 e. The minimum absolute atomic E-state index is 0. The van der Waals surface area contributed by atoms with Crippen LogP contribution in [0.1, 0.15) is 26.3 Å². The van der Waals surface area contributed by atoms with Gasteiger partial charge in [0.15, 0.2) is 8.07 Å². The van der Waals surface area contributed by atoms with Crippen molar-refractivity contribution in [2.24, 2.45) is 0 Å². The Kier molecular flexibility index (Phi) is 13.1. The molecule has 3 aromatic heterocycles. The largest absolute Gasteiger partial charge is 0.510 e. The maximum Gasteiger partial charge on any atom is 0.268 e.